The molecular formula is C14H21NOS. The van der Waals surface area contributed by atoms with Crippen LogP contribution in [0.15, 0.2) is 23.1 Å². The summed E-state index contributed by atoms with van der Waals surface area (Å²) in [4.78, 5) is 3.74. The fourth-order valence-electron chi connectivity index (χ4n) is 2.24. The number of thioether (sulfide) groups is 1. The van der Waals surface area contributed by atoms with E-state index in [4.69, 9.17) is 5.11 Å². The van der Waals surface area contributed by atoms with Gasteiger partial charge in [0.2, 0.25) is 0 Å². The highest BCUT2D eigenvalue weighted by atomic mass is 32.2. The van der Waals surface area contributed by atoms with E-state index in [1.165, 1.54) is 34.6 Å². The van der Waals surface area contributed by atoms with E-state index in [0.29, 0.717) is 0 Å². The molecule has 0 radical (unpaired) electrons. The molecule has 0 fully saturated rings. The van der Waals surface area contributed by atoms with Crippen LogP contribution in [0, 0.1) is 0 Å². The molecule has 1 heterocycles. The van der Waals surface area contributed by atoms with Gasteiger partial charge in [-0.15, -0.1) is 11.8 Å². The van der Waals surface area contributed by atoms with Crippen LogP contribution in [0.4, 0.5) is 0 Å². The van der Waals surface area contributed by atoms with Gasteiger partial charge in [0.25, 0.3) is 0 Å². The van der Waals surface area contributed by atoms with Gasteiger partial charge >= 0.3 is 0 Å². The summed E-state index contributed by atoms with van der Waals surface area (Å²) in [7, 11) is 2.11. The van der Waals surface area contributed by atoms with Crippen molar-refractivity contribution in [2.75, 3.05) is 26.0 Å². The van der Waals surface area contributed by atoms with Gasteiger partial charge in [0.1, 0.15) is 0 Å². The second-order valence-electron chi connectivity index (χ2n) is 4.71. The first kappa shape index (κ1) is 12.9. The number of benzene rings is 1. The highest BCUT2D eigenvalue weighted by Crippen LogP contribution is 2.30. The standard InChI is InChI=1S/C14H21NOS/c1-15(7-3-8-16)11-12-5-6-14-13(10-12)4-2-9-17-14/h5-6,10,16H,2-4,7-9,11H2,1H3. The molecule has 1 N–H and O–H groups in total. The third kappa shape index (κ3) is 3.73. The molecule has 0 saturated carbocycles. The SMILES string of the molecule is CN(CCCO)Cc1ccc2c(c1)CCCS2. The van der Waals surface area contributed by atoms with Crippen LogP contribution >= 0.6 is 11.8 Å². The van der Waals surface area contributed by atoms with Gasteiger partial charge in [-0.2, -0.15) is 0 Å². The lowest BCUT2D eigenvalue weighted by Gasteiger charge is -2.19. The van der Waals surface area contributed by atoms with E-state index in [1.807, 2.05) is 11.8 Å². The van der Waals surface area contributed by atoms with Crippen molar-refractivity contribution in [3.05, 3.63) is 29.3 Å². The summed E-state index contributed by atoms with van der Waals surface area (Å²) in [5, 5.41) is 8.81. The number of fused-ring (bicyclic) bond motifs is 1. The molecule has 2 nitrogen and oxygen atoms in total. The van der Waals surface area contributed by atoms with E-state index in [2.05, 4.69) is 30.1 Å². The van der Waals surface area contributed by atoms with E-state index in [0.717, 1.165) is 19.5 Å². The Kier molecular flexibility index (Phi) is 4.89. The van der Waals surface area contributed by atoms with Crippen molar-refractivity contribution >= 4 is 11.8 Å². The Morgan fingerprint density at radius 2 is 2.29 bits per heavy atom. The molecule has 0 atom stereocenters. The Labute approximate surface area is 108 Å². The lowest BCUT2D eigenvalue weighted by Crippen LogP contribution is -2.20. The lowest BCUT2D eigenvalue weighted by molar-refractivity contribution is 0.244. The molecular weight excluding hydrogens is 230 g/mol. The smallest absolute Gasteiger partial charge is 0.0443 e. The zero-order valence-electron chi connectivity index (χ0n) is 10.5. The van der Waals surface area contributed by atoms with Crippen LogP contribution in [-0.4, -0.2) is 36.0 Å². The molecule has 0 amide bonds. The third-order valence-corrected chi connectivity index (χ3v) is 4.33. The molecule has 0 aliphatic carbocycles. The van der Waals surface area contributed by atoms with Crippen LogP contribution in [0.3, 0.4) is 0 Å². The maximum absolute atomic E-state index is 8.81. The number of aliphatic hydroxyl groups is 1. The maximum atomic E-state index is 8.81. The second-order valence-corrected chi connectivity index (χ2v) is 5.85. The monoisotopic (exact) mass is 251 g/mol. The van der Waals surface area contributed by atoms with Gasteiger partial charge in [-0.05, 0) is 49.3 Å². The molecule has 3 heteroatoms. The van der Waals surface area contributed by atoms with Crippen LogP contribution in [-0.2, 0) is 13.0 Å². The summed E-state index contributed by atoms with van der Waals surface area (Å²) in [5.74, 6) is 1.27. The topological polar surface area (TPSA) is 23.5 Å². The van der Waals surface area contributed by atoms with Gasteiger partial charge in [-0.3, -0.25) is 0 Å². The van der Waals surface area contributed by atoms with E-state index in [-0.39, 0.29) is 6.61 Å². The van der Waals surface area contributed by atoms with Crippen molar-refractivity contribution in [3.63, 3.8) is 0 Å². The van der Waals surface area contributed by atoms with Crippen molar-refractivity contribution in [2.24, 2.45) is 0 Å². The molecule has 1 aliphatic heterocycles. The number of aliphatic hydroxyl groups excluding tert-OH is 1. The van der Waals surface area contributed by atoms with Crippen molar-refractivity contribution in [3.8, 4) is 0 Å². The molecule has 1 aromatic carbocycles. The summed E-state index contributed by atoms with van der Waals surface area (Å²) >= 11 is 1.98. The fraction of sp³-hybridized carbons (Fsp3) is 0.571. The van der Waals surface area contributed by atoms with Crippen LogP contribution in [0.25, 0.3) is 0 Å². The average molecular weight is 251 g/mol. The minimum atomic E-state index is 0.283. The Balaban J connectivity index is 1.97. The molecule has 0 bridgehead atoms. The van der Waals surface area contributed by atoms with Gasteiger partial charge in [-0.1, -0.05) is 12.1 Å². The second kappa shape index (κ2) is 6.43. The molecule has 0 spiro atoms. The van der Waals surface area contributed by atoms with Crippen LogP contribution in [0.1, 0.15) is 24.0 Å². The summed E-state index contributed by atoms with van der Waals surface area (Å²) < 4.78 is 0. The van der Waals surface area contributed by atoms with Gasteiger partial charge in [-0.25, -0.2) is 0 Å². The van der Waals surface area contributed by atoms with Crippen LogP contribution in [0.2, 0.25) is 0 Å². The first-order valence-electron chi connectivity index (χ1n) is 6.33. The number of rotatable bonds is 5. The average Bonchev–Trinajstić information content (AvgIpc) is 2.36. The molecule has 17 heavy (non-hydrogen) atoms. The summed E-state index contributed by atoms with van der Waals surface area (Å²) in [5.41, 5.74) is 2.92. The van der Waals surface area contributed by atoms with Gasteiger partial charge in [0.05, 0.1) is 0 Å². The molecule has 2 rings (SSSR count). The molecule has 0 unspecified atom stereocenters. The first-order valence-corrected chi connectivity index (χ1v) is 7.32. The molecule has 0 saturated heterocycles. The minimum Gasteiger partial charge on any atom is -0.396 e. The number of hydrogen-bond acceptors (Lipinski definition) is 3. The van der Waals surface area contributed by atoms with Crippen LogP contribution in [0.5, 0.6) is 0 Å². The van der Waals surface area contributed by atoms with Gasteiger partial charge < -0.3 is 10.0 Å². The largest absolute Gasteiger partial charge is 0.396 e. The minimum absolute atomic E-state index is 0.283. The summed E-state index contributed by atoms with van der Waals surface area (Å²) in [6, 6.07) is 6.87. The van der Waals surface area contributed by atoms with Crippen molar-refractivity contribution < 1.29 is 5.11 Å². The molecule has 0 aromatic heterocycles. The summed E-state index contributed by atoms with van der Waals surface area (Å²) in [6.07, 6.45) is 3.40. The maximum Gasteiger partial charge on any atom is 0.0443 e. The molecule has 94 valence electrons. The van der Waals surface area contributed by atoms with E-state index < -0.39 is 0 Å². The van der Waals surface area contributed by atoms with Crippen molar-refractivity contribution in [1.82, 2.24) is 4.90 Å². The highest BCUT2D eigenvalue weighted by Gasteiger charge is 2.10. The number of aryl methyl sites for hydroxylation is 1. The predicted octanol–water partition coefficient (Wildman–Crippen LogP) is 2.54. The summed E-state index contributed by atoms with van der Waals surface area (Å²) in [6.45, 7) is 2.23. The van der Waals surface area contributed by atoms with Gasteiger partial charge in [0.15, 0.2) is 0 Å². The molecule has 1 aliphatic rings. The van der Waals surface area contributed by atoms with Crippen molar-refractivity contribution in [1.29, 1.82) is 0 Å². The number of nitrogens with zero attached hydrogens (tertiary/aromatic N) is 1. The predicted molar refractivity (Wildman–Crippen MR) is 73.5 cm³/mol. The van der Waals surface area contributed by atoms with E-state index in [1.54, 1.807) is 0 Å². The Bertz CT molecular complexity index is 367. The Morgan fingerprint density at radius 1 is 1.41 bits per heavy atom. The van der Waals surface area contributed by atoms with Crippen LogP contribution < -0.4 is 0 Å². The van der Waals surface area contributed by atoms with E-state index >= 15 is 0 Å². The van der Waals surface area contributed by atoms with E-state index in [9.17, 15) is 0 Å². The Morgan fingerprint density at radius 3 is 3.12 bits per heavy atom. The fourth-order valence-corrected chi connectivity index (χ4v) is 3.26. The zero-order valence-corrected chi connectivity index (χ0v) is 11.3. The highest BCUT2D eigenvalue weighted by molar-refractivity contribution is 7.99. The number of hydrogen-bond donors (Lipinski definition) is 1. The lowest BCUT2D eigenvalue weighted by atomic mass is 10.1. The normalized spacial score (nSPS) is 15.0. The zero-order chi connectivity index (χ0) is 12.1. The first-order chi connectivity index (χ1) is 8.29. The quantitative estimate of drug-likeness (QED) is 0.870. The molecule has 1 aromatic rings. The van der Waals surface area contributed by atoms with Crippen molar-refractivity contribution in [2.45, 2.75) is 30.7 Å². The van der Waals surface area contributed by atoms with Gasteiger partial charge in [0, 0.05) is 24.6 Å². The third-order valence-electron chi connectivity index (χ3n) is 3.12. The Hall–Kier alpha value is -0.510.